The SMILES string of the molecule is NC(CC(=O)O)C1(c2ccc3c(c2)CCO3)COC1. The topological polar surface area (TPSA) is 81.8 Å². The number of ether oxygens (including phenoxy) is 2. The van der Waals surface area contributed by atoms with Crippen LogP contribution in [0.5, 0.6) is 5.75 Å². The lowest BCUT2D eigenvalue weighted by atomic mass is 9.71. The van der Waals surface area contributed by atoms with Crippen molar-refractivity contribution in [3.63, 3.8) is 0 Å². The molecule has 1 aromatic carbocycles. The second-order valence-electron chi connectivity index (χ2n) is 5.27. The first-order valence-electron chi connectivity index (χ1n) is 6.43. The number of benzene rings is 1. The first-order valence-corrected chi connectivity index (χ1v) is 6.43. The predicted octanol–water partition coefficient (Wildman–Crippen LogP) is 0.691. The Morgan fingerprint density at radius 1 is 1.47 bits per heavy atom. The van der Waals surface area contributed by atoms with E-state index in [2.05, 4.69) is 6.07 Å². The van der Waals surface area contributed by atoms with Crippen molar-refractivity contribution >= 4 is 5.97 Å². The van der Waals surface area contributed by atoms with Crippen molar-refractivity contribution in [2.45, 2.75) is 24.3 Å². The number of aliphatic carboxylic acids is 1. The molecular formula is C14H17NO4. The highest BCUT2D eigenvalue weighted by Gasteiger charge is 2.46. The maximum absolute atomic E-state index is 10.9. The van der Waals surface area contributed by atoms with Crippen LogP contribution in [0.25, 0.3) is 0 Å². The Morgan fingerprint density at radius 2 is 2.26 bits per heavy atom. The number of rotatable bonds is 4. The molecule has 19 heavy (non-hydrogen) atoms. The second kappa shape index (κ2) is 4.51. The van der Waals surface area contributed by atoms with E-state index in [1.165, 1.54) is 5.56 Å². The second-order valence-corrected chi connectivity index (χ2v) is 5.27. The zero-order valence-corrected chi connectivity index (χ0v) is 10.6. The lowest BCUT2D eigenvalue weighted by Gasteiger charge is -2.46. The van der Waals surface area contributed by atoms with Crippen molar-refractivity contribution in [3.05, 3.63) is 29.3 Å². The number of carboxylic acids is 1. The normalized spacial score (nSPS) is 21.1. The van der Waals surface area contributed by atoms with Crippen LogP contribution in [0.1, 0.15) is 17.5 Å². The molecule has 1 saturated heterocycles. The number of carboxylic acid groups (broad SMARTS) is 1. The summed E-state index contributed by atoms with van der Waals surface area (Å²) in [5.74, 6) is 0.0502. The summed E-state index contributed by atoms with van der Waals surface area (Å²) in [7, 11) is 0. The highest BCUT2D eigenvalue weighted by molar-refractivity contribution is 5.68. The average molecular weight is 263 g/mol. The van der Waals surface area contributed by atoms with Gasteiger partial charge in [0.05, 0.1) is 31.7 Å². The zero-order valence-electron chi connectivity index (χ0n) is 10.6. The molecule has 1 fully saturated rings. The average Bonchev–Trinajstić information content (AvgIpc) is 2.73. The van der Waals surface area contributed by atoms with Gasteiger partial charge in [-0.15, -0.1) is 0 Å². The van der Waals surface area contributed by atoms with E-state index in [9.17, 15) is 4.79 Å². The van der Waals surface area contributed by atoms with E-state index in [1.54, 1.807) is 0 Å². The van der Waals surface area contributed by atoms with Crippen LogP contribution in [0.3, 0.4) is 0 Å². The summed E-state index contributed by atoms with van der Waals surface area (Å²) in [5, 5.41) is 8.93. The Balaban J connectivity index is 1.91. The molecule has 0 bridgehead atoms. The maximum Gasteiger partial charge on any atom is 0.304 e. The number of carbonyl (C=O) groups is 1. The molecule has 2 aliphatic rings. The quantitative estimate of drug-likeness (QED) is 0.835. The van der Waals surface area contributed by atoms with Crippen molar-refractivity contribution in [3.8, 4) is 5.75 Å². The fourth-order valence-corrected chi connectivity index (χ4v) is 2.80. The van der Waals surface area contributed by atoms with Crippen LogP contribution < -0.4 is 10.5 Å². The van der Waals surface area contributed by atoms with Gasteiger partial charge in [-0.3, -0.25) is 4.79 Å². The summed E-state index contributed by atoms with van der Waals surface area (Å²) in [4.78, 5) is 10.9. The van der Waals surface area contributed by atoms with Gasteiger partial charge in [0.15, 0.2) is 0 Å². The van der Waals surface area contributed by atoms with Crippen LogP contribution in [0.4, 0.5) is 0 Å². The lowest BCUT2D eigenvalue weighted by molar-refractivity contribution is -0.140. The molecular weight excluding hydrogens is 246 g/mol. The summed E-state index contributed by atoms with van der Waals surface area (Å²) >= 11 is 0. The molecule has 3 N–H and O–H groups in total. The minimum absolute atomic E-state index is 0.0447. The Bertz CT molecular complexity index is 510. The van der Waals surface area contributed by atoms with Gasteiger partial charge in [0.25, 0.3) is 0 Å². The molecule has 102 valence electrons. The summed E-state index contributed by atoms with van der Waals surface area (Å²) in [6, 6.07) is 5.59. The molecule has 0 aromatic heterocycles. The summed E-state index contributed by atoms with van der Waals surface area (Å²) in [5.41, 5.74) is 7.97. The Labute approximate surface area is 111 Å². The fraction of sp³-hybridized carbons (Fsp3) is 0.500. The Morgan fingerprint density at radius 3 is 2.89 bits per heavy atom. The van der Waals surface area contributed by atoms with Crippen LogP contribution in [0.15, 0.2) is 18.2 Å². The van der Waals surface area contributed by atoms with E-state index in [0.29, 0.717) is 19.8 Å². The Kier molecular flexibility index (Phi) is 2.95. The minimum atomic E-state index is -0.872. The van der Waals surface area contributed by atoms with Gasteiger partial charge in [0, 0.05) is 12.5 Å². The van der Waals surface area contributed by atoms with Crippen molar-refractivity contribution in [2.24, 2.45) is 5.73 Å². The van der Waals surface area contributed by atoms with Crippen LogP contribution in [0, 0.1) is 0 Å². The van der Waals surface area contributed by atoms with E-state index < -0.39 is 12.0 Å². The van der Waals surface area contributed by atoms with Gasteiger partial charge in [0.2, 0.25) is 0 Å². The van der Waals surface area contributed by atoms with Gasteiger partial charge in [-0.1, -0.05) is 12.1 Å². The van der Waals surface area contributed by atoms with Gasteiger partial charge in [-0.25, -0.2) is 0 Å². The van der Waals surface area contributed by atoms with Gasteiger partial charge in [-0.2, -0.15) is 0 Å². The number of nitrogens with two attached hydrogens (primary N) is 1. The molecule has 0 spiro atoms. The first-order chi connectivity index (χ1) is 9.12. The molecule has 1 aromatic rings. The van der Waals surface area contributed by atoms with Gasteiger partial charge < -0.3 is 20.3 Å². The van der Waals surface area contributed by atoms with Crippen LogP contribution in [-0.4, -0.2) is 36.9 Å². The monoisotopic (exact) mass is 263 g/mol. The van der Waals surface area contributed by atoms with E-state index in [0.717, 1.165) is 17.7 Å². The van der Waals surface area contributed by atoms with E-state index >= 15 is 0 Å². The van der Waals surface area contributed by atoms with Gasteiger partial charge in [-0.05, 0) is 17.2 Å². The van der Waals surface area contributed by atoms with Gasteiger partial charge >= 0.3 is 5.97 Å². The van der Waals surface area contributed by atoms with Crippen molar-refractivity contribution in [1.29, 1.82) is 0 Å². The van der Waals surface area contributed by atoms with Crippen LogP contribution >= 0.6 is 0 Å². The first kappa shape index (κ1) is 12.4. The molecule has 0 radical (unpaired) electrons. The Hall–Kier alpha value is -1.59. The molecule has 2 aliphatic heterocycles. The molecule has 1 atom stereocenters. The van der Waals surface area contributed by atoms with Gasteiger partial charge in [0.1, 0.15) is 5.75 Å². The molecule has 5 heteroatoms. The molecule has 5 nitrogen and oxygen atoms in total. The summed E-state index contributed by atoms with van der Waals surface area (Å²) < 4.78 is 10.8. The third-order valence-corrected chi connectivity index (χ3v) is 4.09. The number of hydrogen-bond donors (Lipinski definition) is 2. The fourth-order valence-electron chi connectivity index (χ4n) is 2.80. The van der Waals surface area contributed by atoms with Crippen LogP contribution in [0.2, 0.25) is 0 Å². The van der Waals surface area contributed by atoms with E-state index in [1.807, 2.05) is 12.1 Å². The molecule has 0 aliphatic carbocycles. The summed E-state index contributed by atoms with van der Waals surface area (Å²) in [6.45, 7) is 1.69. The van der Waals surface area contributed by atoms with Crippen molar-refractivity contribution in [2.75, 3.05) is 19.8 Å². The number of fused-ring (bicyclic) bond motifs is 1. The third kappa shape index (κ3) is 1.99. The van der Waals surface area contributed by atoms with E-state index in [-0.39, 0.29) is 11.8 Å². The highest BCUT2D eigenvalue weighted by Crippen LogP contribution is 2.39. The molecule has 1 unspecified atom stereocenters. The molecule has 0 saturated carbocycles. The third-order valence-electron chi connectivity index (χ3n) is 4.09. The highest BCUT2D eigenvalue weighted by atomic mass is 16.5. The largest absolute Gasteiger partial charge is 0.493 e. The van der Waals surface area contributed by atoms with E-state index in [4.69, 9.17) is 20.3 Å². The predicted molar refractivity (Wildman–Crippen MR) is 68.4 cm³/mol. The smallest absolute Gasteiger partial charge is 0.304 e. The van der Waals surface area contributed by atoms with Crippen molar-refractivity contribution in [1.82, 2.24) is 0 Å². The number of hydrogen-bond acceptors (Lipinski definition) is 4. The molecule has 0 amide bonds. The molecule has 2 heterocycles. The van der Waals surface area contributed by atoms with Crippen LogP contribution in [-0.2, 0) is 21.4 Å². The standard InChI is InChI=1S/C14H17NO4/c15-12(6-13(16)17)14(7-18-8-14)10-1-2-11-9(5-10)3-4-19-11/h1-2,5,12H,3-4,6-8,15H2,(H,16,17). The maximum atomic E-state index is 10.9. The lowest BCUT2D eigenvalue weighted by Crippen LogP contribution is -2.59. The van der Waals surface area contributed by atoms with Crippen molar-refractivity contribution < 1.29 is 19.4 Å². The summed E-state index contributed by atoms with van der Waals surface area (Å²) in [6.07, 6.45) is 0.852. The minimum Gasteiger partial charge on any atom is -0.493 e. The molecule has 3 rings (SSSR count). The zero-order chi connectivity index (χ0) is 13.5.